The summed E-state index contributed by atoms with van der Waals surface area (Å²) >= 11 is 0. The molecule has 0 aliphatic carbocycles. The Morgan fingerprint density at radius 3 is 2.61 bits per heavy atom. The number of hydrogen-bond acceptors (Lipinski definition) is 2. The molecule has 0 spiro atoms. The first-order valence-corrected chi connectivity index (χ1v) is 7.12. The molecule has 8 heteroatoms. The molecule has 1 saturated heterocycles. The van der Waals surface area contributed by atoms with Crippen LogP contribution >= 0.6 is 0 Å². The Kier molecular flexibility index (Phi) is 8.53. The fourth-order valence-corrected chi connectivity index (χ4v) is 2.57. The smallest absolute Gasteiger partial charge is 0.229 e. The van der Waals surface area contributed by atoms with Gasteiger partial charge in [-0.25, -0.2) is 17.6 Å². The fourth-order valence-electron chi connectivity index (χ4n) is 2.57. The van der Waals surface area contributed by atoms with Gasteiger partial charge in [0.05, 0.1) is 0 Å². The zero-order valence-electron chi connectivity index (χ0n) is 12.4. The Morgan fingerprint density at radius 1 is 1.26 bits per heavy atom. The Labute approximate surface area is 130 Å². The summed E-state index contributed by atoms with van der Waals surface area (Å²) in [6.07, 6.45) is 1.53. The average Bonchev–Trinajstić information content (AvgIpc) is 2.70. The van der Waals surface area contributed by atoms with Gasteiger partial charge in [0.2, 0.25) is 12.8 Å². The second-order valence-corrected chi connectivity index (χ2v) is 4.99. The first-order chi connectivity index (χ1) is 11.0. The van der Waals surface area contributed by atoms with E-state index in [0.29, 0.717) is 19.3 Å². The van der Waals surface area contributed by atoms with E-state index in [0.717, 1.165) is 6.07 Å². The minimum Gasteiger partial charge on any atom is -0.340 e. The highest BCUT2D eigenvalue weighted by molar-refractivity contribution is 5.76. The minimum atomic E-state index is -1.75. The molecule has 3 nitrogen and oxygen atoms in total. The van der Waals surface area contributed by atoms with Gasteiger partial charge in [0.1, 0.15) is 6.61 Å². The molecule has 1 amide bonds. The largest absolute Gasteiger partial charge is 0.340 e. The van der Waals surface area contributed by atoms with Gasteiger partial charge in [-0.3, -0.25) is 4.79 Å². The normalized spacial score (nSPS) is 18.2. The SMILES string of the molecule is FCF.O=C1CCC[C@@H](c2cccc(F)c2F)CN1CCOF. The summed E-state index contributed by atoms with van der Waals surface area (Å²) in [5, 5.41) is 0. The second kappa shape index (κ2) is 10.1. The first kappa shape index (κ1) is 19.3. The van der Waals surface area contributed by atoms with Gasteiger partial charge in [-0.1, -0.05) is 12.1 Å². The summed E-state index contributed by atoms with van der Waals surface area (Å²) in [5.41, 5.74) is 0.269. The van der Waals surface area contributed by atoms with Gasteiger partial charge in [-0.2, -0.15) is 4.94 Å². The highest BCUT2D eigenvalue weighted by Crippen LogP contribution is 2.29. The Bertz CT molecular complexity index is 501. The van der Waals surface area contributed by atoms with Crippen LogP contribution < -0.4 is 0 Å². The van der Waals surface area contributed by atoms with Crippen molar-refractivity contribution < 1.29 is 31.8 Å². The van der Waals surface area contributed by atoms with Crippen molar-refractivity contribution in [1.29, 1.82) is 0 Å². The van der Waals surface area contributed by atoms with Crippen LogP contribution in [0.25, 0.3) is 0 Å². The van der Waals surface area contributed by atoms with Gasteiger partial charge < -0.3 is 4.90 Å². The van der Waals surface area contributed by atoms with Crippen molar-refractivity contribution in [3.63, 3.8) is 0 Å². The monoisotopic (exact) mass is 339 g/mol. The lowest BCUT2D eigenvalue weighted by atomic mass is 9.93. The van der Waals surface area contributed by atoms with E-state index in [-0.39, 0.29) is 37.1 Å². The molecule has 0 bridgehead atoms. The number of carbonyl (C=O) groups excluding carboxylic acids is 1. The molecular formula is C15H18F5NO2. The first-order valence-electron chi connectivity index (χ1n) is 7.12. The molecule has 0 aromatic heterocycles. The number of nitrogens with zero attached hydrogens (tertiary/aromatic N) is 1. The number of benzene rings is 1. The molecule has 130 valence electrons. The van der Waals surface area contributed by atoms with Crippen molar-refractivity contribution in [3.8, 4) is 0 Å². The van der Waals surface area contributed by atoms with Crippen molar-refractivity contribution in [2.75, 3.05) is 26.6 Å². The lowest BCUT2D eigenvalue weighted by Crippen LogP contribution is -2.35. The molecule has 1 atom stereocenters. The van der Waals surface area contributed by atoms with Crippen LogP contribution in [0.2, 0.25) is 0 Å². The number of likely N-dealkylation sites (tertiary alicyclic amines) is 1. The zero-order chi connectivity index (χ0) is 17.2. The van der Waals surface area contributed by atoms with Gasteiger partial charge in [0.15, 0.2) is 11.6 Å². The minimum absolute atomic E-state index is 0.110. The Morgan fingerprint density at radius 2 is 1.96 bits per heavy atom. The molecule has 0 unspecified atom stereocenters. The van der Waals surface area contributed by atoms with Crippen LogP contribution in [-0.4, -0.2) is 37.4 Å². The highest BCUT2D eigenvalue weighted by Gasteiger charge is 2.26. The zero-order valence-corrected chi connectivity index (χ0v) is 12.4. The van der Waals surface area contributed by atoms with Crippen molar-refractivity contribution >= 4 is 5.91 Å². The summed E-state index contributed by atoms with van der Waals surface area (Å²) in [5.74, 6) is -2.15. The number of carbonyl (C=O) groups is 1. The highest BCUT2D eigenvalue weighted by atomic mass is 19.3. The van der Waals surface area contributed by atoms with Crippen molar-refractivity contribution in [2.45, 2.75) is 25.2 Å². The van der Waals surface area contributed by atoms with Crippen LogP contribution in [0, 0.1) is 11.6 Å². The van der Waals surface area contributed by atoms with Crippen molar-refractivity contribution in [1.82, 2.24) is 4.90 Å². The third-order valence-electron chi connectivity index (χ3n) is 3.60. The number of rotatable bonds is 4. The summed E-state index contributed by atoms with van der Waals surface area (Å²) in [7, 11) is 0. The van der Waals surface area contributed by atoms with Crippen molar-refractivity contribution in [3.05, 3.63) is 35.4 Å². The van der Waals surface area contributed by atoms with Crippen LogP contribution in [0.5, 0.6) is 0 Å². The molecular weight excluding hydrogens is 321 g/mol. The standard InChI is InChI=1S/C14H16F3NO2.CH2F2/c15-12-5-2-4-11(14(12)16)10-3-1-6-13(19)18(9-10)7-8-20-17;2-1-3/h2,4-5,10H,1,3,6-9H2;1H2/t10-;/m1./s1. The van der Waals surface area contributed by atoms with Gasteiger partial charge >= 0.3 is 0 Å². The van der Waals surface area contributed by atoms with Gasteiger partial charge in [0, 0.05) is 25.4 Å². The molecule has 0 radical (unpaired) electrons. The van der Waals surface area contributed by atoms with E-state index in [1.54, 1.807) is 0 Å². The van der Waals surface area contributed by atoms with E-state index in [2.05, 4.69) is 4.94 Å². The Hall–Kier alpha value is -1.70. The second-order valence-electron chi connectivity index (χ2n) is 4.99. The van der Waals surface area contributed by atoms with Gasteiger partial charge in [-0.05, 0) is 29.0 Å². The molecule has 0 N–H and O–H groups in total. The molecule has 1 aromatic rings. The molecule has 2 rings (SSSR count). The summed E-state index contributed by atoms with van der Waals surface area (Å²) in [4.78, 5) is 16.8. The molecule has 1 heterocycles. The predicted octanol–water partition coefficient (Wildman–Crippen LogP) is 3.84. The topological polar surface area (TPSA) is 29.5 Å². The molecule has 0 saturated carbocycles. The average molecular weight is 339 g/mol. The lowest BCUT2D eigenvalue weighted by Gasteiger charge is -2.24. The molecule has 1 aliphatic rings. The van der Waals surface area contributed by atoms with Crippen LogP contribution in [0.3, 0.4) is 0 Å². The molecule has 1 aliphatic heterocycles. The number of amides is 1. The van der Waals surface area contributed by atoms with Crippen LogP contribution in [0.4, 0.5) is 22.1 Å². The predicted molar refractivity (Wildman–Crippen MR) is 73.7 cm³/mol. The van der Waals surface area contributed by atoms with E-state index in [1.165, 1.54) is 17.0 Å². The number of halogens is 5. The van der Waals surface area contributed by atoms with E-state index in [1.807, 2.05) is 0 Å². The van der Waals surface area contributed by atoms with Crippen molar-refractivity contribution in [2.24, 2.45) is 0 Å². The van der Waals surface area contributed by atoms with Crippen LogP contribution in [0.15, 0.2) is 18.2 Å². The maximum absolute atomic E-state index is 13.8. The third-order valence-corrected chi connectivity index (χ3v) is 3.60. The van der Waals surface area contributed by atoms with Crippen LogP contribution in [0.1, 0.15) is 30.7 Å². The Balaban J connectivity index is 0.000000816. The van der Waals surface area contributed by atoms with E-state index >= 15 is 0 Å². The maximum Gasteiger partial charge on any atom is 0.229 e. The van der Waals surface area contributed by atoms with Crippen LogP contribution in [-0.2, 0) is 9.74 Å². The molecule has 1 fully saturated rings. The number of hydrogen-bond donors (Lipinski definition) is 0. The quantitative estimate of drug-likeness (QED) is 0.780. The lowest BCUT2D eigenvalue weighted by molar-refractivity contribution is -0.146. The van der Waals surface area contributed by atoms with Gasteiger partial charge in [0.25, 0.3) is 0 Å². The summed E-state index contributed by atoms with van der Waals surface area (Å²) in [6, 6.07) is 4.05. The van der Waals surface area contributed by atoms with E-state index in [4.69, 9.17) is 0 Å². The summed E-state index contributed by atoms with van der Waals surface area (Å²) in [6.45, 7) is -1.60. The summed E-state index contributed by atoms with van der Waals surface area (Å²) < 4.78 is 58.1. The maximum atomic E-state index is 13.8. The molecule has 1 aromatic carbocycles. The molecule has 23 heavy (non-hydrogen) atoms. The third kappa shape index (κ3) is 5.78. The van der Waals surface area contributed by atoms with E-state index in [9.17, 15) is 26.9 Å². The fraction of sp³-hybridized carbons (Fsp3) is 0.533. The van der Waals surface area contributed by atoms with Gasteiger partial charge in [-0.15, -0.1) is 0 Å². The van der Waals surface area contributed by atoms with E-state index < -0.39 is 18.6 Å². The number of alkyl halides is 2.